The summed E-state index contributed by atoms with van der Waals surface area (Å²) in [6, 6.07) is 0.343. The molecule has 1 heterocycles. The molecule has 19 heavy (non-hydrogen) atoms. The van der Waals surface area contributed by atoms with Gasteiger partial charge in [-0.25, -0.2) is 0 Å². The minimum absolute atomic E-state index is 0.0656. The van der Waals surface area contributed by atoms with Crippen LogP contribution < -0.4 is 11.1 Å². The second-order valence-electron chi connectivity index (χ2n) is 5.66. The van der Waals surface area contributed by atoms with Gasteiger partial charge in [0.05, 0.1) is 10.4 Å². The minimum Gasteiger partial charge on any atom is -0.392 e. The second-order valence-corrected chi connectivity index (χ2v) is 6.10. The monoisotopic (exact) mass is 286 g/mol. The molecular formula is C13H26N4OS. The first kappa shape index (κ1) is 16.3. The number of amides is 1. The SMILES string of the molecule is CCC(C)(C(=O)NCC1CN(C)CCN1C)C(N)=S. The van der Waals surface area contributed by atoms with Crippen LogP contribution in [-0.4, -0.2) is 67.0 Å². The third-order valence-electron chi connectivity index (χ3n) is 4.23. The van der Waals surface area contributed by atoms with Crippen molar-refractivity contribution in [1.29, 1.82) is 0 Å². The molecule has 6 heteroatoms. The van der Waals surface area contributed by atoms with Crippen molar-refractivity contribution in [1.82, 2.24) is 15.1 Å². The van der Waals surface area contributed by atoms with E-state index in [4.69, 9.17) is 18.0 Å². The summed E-state index contributed by atoms with van der Waals surface area (Å²) in [4.78, 5) is 17.1. The average molecular weight is 286 g/mol. The topological polar surface area (TPSA) is 61.6 Å². The van der Waals surface area contributed by atoms with Crippen LogP contribution in [0.5, 0.6) is 0 Å². The lowest BCUT2D eigenvalue weighted by molar-refractivity contribution is -0.127. The molecule has 1 fully saturated rings. The van der Waals surface area contributed by atoms with Crippen LogP contribution >= 0.6 is 12.2 Å². The van der Waals surface area contributed by atoms with E-state index in [0.29, 0.717) is 19.0 Å². The highest BCUT2D eigenvalue weighted by Gasteiger charge is 2.35. The number of nitrogens with two attached hydrogens (primary N) is 1. The molecule has 0 spiro atoms. The van der Waals surface area contributed by atoms with Gasteiger partial charge in [0.25, 0.3) is 0 Å². The number of carbonyl (C=O) groups is 1. The fourth-order valence-electron chi connectivity index (χ4n) is 2.17. The van der Waals surface area contributed by atoms with Gasteiger partial charge in [-0.05, 0) is 27.4 Å². The molecule has 110 valence electrons. The van der Waals surface area contributed by atoms with Crippen molar-refractivity contribution in [2.24, 2.45) is 11.1 Å². The molecule has 0 aromatic rings. The molecule has 5 nitrogen and oxygen atoms in total. The predicted molar refractivity (Wildman–Crippen MR) is 82.1 cm³/mol. The van der Waals surface area contributed by atoms with E-state index in [-0.39, 0.29) is 10.9 Å². The van der Waals surface area contributed by atoms with E-state index in [9.17, 15) is 4.79 Å². The normalized spacial score (nSPS) is 24.7. The molecule has 0 radical (unpaired) electrons. The molecule has 0 aromatic heterocycles. The summed E-state index contributed by atoms with van der Waals surface area (Å²) in [5, 5.41) is 3.00. The highest BCUT2D eigenvalue weighted by atomic mass is 32.1. The van der Waals surface area contributed by atoms with Gasteiger partial charge in [0.2, 0.25) is 5.91 Å². The van der Waals surface area contributed by atoms with Crippen molar-refractivity contribution >= 4 is 23.1 Å². The second kappa shape index (κ2) is 6.63. The molecule has 3 N–H and O–H groups in total. The molecule has 1 saturated heterocycles. The summed E-state index contributed by atoms with van der Waals surface area (Å²) in [5.41, 5.74) is 4.95. The largest absolute Gasteiger partial charge is 0.392 e. The van der Waals surface area contributed by atoms with Crippen LogP contribution in [0.15, 0.2) is 0 Å². The Labute approximate surface area is 121 Å². The quantitative estimate of drug-likeness (QED) is 0.699. The first-order chi connectivity index (χ1) is 8.81. The highest BCUT2D eigenvalue weighted by molar-refractivity contribution is 7.80. The van der Waals surface area contributed by atoms with Gasteiger partial charge in [-0.1, -0.05) is 19.1 Å². The summed E-state index contributed by atoms with van der Waals surface area (Å²) in [5.74, 6) is -0.0656. The van der Waals surface area contributed by atoms with Crippen molar-refractivity contribution in [2.75, 3.05) is 40.3 Å². The van der Waals surface area contributed by atoms with Gasteiger partial charge in [-0.2, -0.15) is 0 Å². The van der Waals surface area contributed by atoms with Crippen molar-refractivity contribution in [3.63, 3.8) is 0 Å². The molecule has 1 amide bonds. The Bertz CT molecular complexity index is 350. The molecule has 2 unspecified atom stereocenters. The third kappa shape index (κ3) is 3.87. The van der Waals surface area contributed by atoms with E-state index in [1.165, 1.54) is 0 Å². The molecule has 2 atom stereocenters. The summed E-state index contributed by atoms with van der Waals surface area (Å²) in [7, 11) is 4.20. The van der Waals surface area contributed by atoms with Crippen LogP contribution in [0.4, 0.5) is 0 Å². The van der Waals surface area contributed by atoms with Crippen molar-refractivity contribution in [2.45, 2.75) is 26.3 Å². The summed E-state index contributed by atoms with van der Waals surface area (Å²) < 4.78 is 0. The van der Waals surface area contributed by atoms with Crippen LogP contribution in [-0.2, 0) is 4.79 Å². The zero-order chi connectivity index (χ0) is 14.6. The average Bonchev–Trinajstić information content (AvgIpc) is 2.38. The van der Waals surface area contributed by atoms with Crippen LogP contribution in [0, 0.1) is 5.41 Å². The lowest BCUT2D eigenvalue weighted by Crippen LogP contribution is -2.56. The fraction of sp³-hybridized carbons (Fsp3) is 0.846. The van der Waals surface area contributed by atoms with Gasteiger partial charge >= 0.3 is 0 Å². The number of hydrogen-bond donors (Lipinski definition) is 2. The number of nitrogens with one attached hydrogen (secondary N) is 1. The van der Waals surface area contributed by atoms with Crippen LogP contribution in [0.1, 0.15) is 20.3 Å². The van der Waals surface area contributed by atoms with Gasteiger partial charge in [-0.15, -0.1) is 0 Å². The lowest BCUT2D eigenvalue weighted by atomic mass is 9.86. The molecular weight excluding hydrogens is 260 g/mol. The van der Waals surface area contributed by atoms with Crippen molar-refractivity contribution in [3.8, 4) is 0 Å². The number of hydrogen-bond acceptors (Lipinski definition) is 4. The van der Waals surface area contributed by atoms with E-state index < -0.39 is 5.41 Å². The van der Waals surface area contributed by atoms with Gasteiger partial charge in [-0.3, -0.25) is 9.69 Å². The Balaban J connectivity index is 2.56. The number of carbonyl (C=O) groups excluding carboxylic acids is 1. The Morgan fingerprint density at radius 1 is 1.47 bits per heavy atom. The van der Waals surface area contributed by atoms with Gasteiger partial charge in [0.15, 0.2) is 0 Å². The van der Waals surface area contributed by atoms with E-state index >= 15 is 0 Å². The van der Waals surface area contributed by atoms with E-state index in [2.05, 4.69) is 29.2 Å². The zero-order valence-electron chi connectivity index (χ0n) is 12.4. The maximum absolute atomic E-state index is 12.3. The molecule has 0 aromatic carbocycles. The maximum Gasteiger partial charge on any atom is 0.232 e. The Morgan fingerprint density at radius 2 is 2.11 bits per heavy atom. The molecule has 1 aliphatic heterocycles. The Kier molecular flexibility index (Phi) is 5.70. The summed E-state index contributed by atoms with van der Waals surface area (Å²) in [6.07, 6.45) is 0.620. The van der Waals surface area contributed by atoms with E-state index in [1.54, 1.807) is 6.92 Å². The zero-order valence-corrected chi connectivity index (χ0v) is 13.2. The van der Waals surface area contributed by atoms with Gasteiger partial charge in [0.1, 0.15) is 0 Å². The number of thiocarbonyl (C=S) groups is 1. The number of piperazine rings is 1. The molecule has 1 aliphatic rings. The number of likely N-dealkylation sites (N-methyl/N-ethyl adjacent to an activating group) is 2. The standard InChI is InChI=1S/C13H26N4OS/c1-5-13(2,11(14)19)12(18)15-8-10-9-16(3)6-7-17(10)4/h10H,5-9H2,1-4H3,(H2,14,19)(H,15,18). The minimum atomic E-state index is -0.742. The number of rotatable bonds is 5. The Morgan fingerprint density at radius 3 is 2.63 bits per heavy atom. The molecule has 0 saturated carbocycles. The fourth-order valence-corrected chi connectivity index (χ4v) is 2.41. The van der Waals surface area contributed by atoms with Gasteiger partial charge < -0.3 is 16.0 Å². The maximum atomic E-state index is 12.3. The van der Waals surface area contributed by atoms with E-state index in [0.717, 1.165) is 19.6 Å². The first-order valence-corrected chi connectivity index (χ1v) is 7.19. The summed E-state index contributed by atoms with van der Waals surface area (Å²) >= 11 is 5.02. The van der Waals surface area contributed by atoms with Crippen molar-refractivity contribution < 1.29 is 4.79 Å². The predicted octanol–water partition coefficient (Wildman–Crippen LogP) is 0.0508. The third-order valence-corrected chi connectivity index (χ3v) is 4.68. The highest BCUT2D eigenvalue weighted by Crippen LogP contribution is 2.21. The molecule has 0 aliphatic carbocycles. The summed E-state index contributed by atoms with van der Waals surface area (Å²) in [6.45, 7) is 7.43. The lowest BCUT2D eigenvalue weighted by Gasteiger charge is -2.38. The van der Waals surface area contributed by atoms with Crippen LogP contribution in [0.3, 0.4) is 0 Å². The molecule has 1 rings (SSSR count). The van der Waals surface area contributed by atoms with Crippen molar-refractivity contribution in [3.05, 3.63) is 0 Å². The van der Waals surface area contributed by atoms with Crippen LogP contribution in [0.2, 0.25) is 0 Å². The smallest absolute Gasteiger partial charge is 0.232 e. The van der Waals surface area contributed by atoms with Gasteiger partial charge in [0, 0.05) is 32.2 Å². The Hall–Kier alpha value is -0.720. The molecule has 0 bridgehead atoms. The van der Waals surface area contributed by atoms with E-state index in [1.807, 2.05) is 6.92 Å². The first-order valence-electron chi connectivity index (χ1n) is 6.78. The van der Waals surface area contributed by atoms with Crippen LogP contribution in [0.25, 0.3) is 0 Å². The number of nitrogens with zero attached hydrogens (tertiary/aromatic N) is 2.